The predicted octanol–water partition coefficient (Wildman–Crippen LogP) is 4.70. The molecule has 0 aromatic heterocycles. The van der Waals surface area contributed by atoms with E-state index in [0.29, 0.717) is 94.7 Å². The molecule has 0 heterocycles. The Balaban J connectivity index is 1.33. The van der Waals surface area contributed by atoms with Gasteiger partial charge in [-0.15, -0.1) is 0 Å². The Bertz CT molecular complexity index is 860. The summed E-state index contributed by atoms with van der Waals surface area (Å²) >= 11 is 0. The van der Waals surface area contributed by atoms with Crippen molar-refractivity contribution in [3.8, 4) is 0 Å². The van der Waals surface area contributed by atoms with Crippen molar-refractivity contribution in [2.75, 3.05) is 59.3 Å². The molecule has 0 bridgehead atoms. The molecule has 9 atom stereocenters. The summed E-state index contributed by atoms with van der Waals surface area (Å²) in [6, 6.07) is 0. The van der Waals surface area contributed by atoms with Gasteiger partial charge in [0.2, 0.25) is 5.91 Å². The number of hydrogen-bond acceptors (Lipinski definition) is 8. The fraction of sp³-hybridized carbons (Fsp3) is 0.943. The summed E-state index contributed by atoms with van der Waals surface area (Å²) in [4.78, 5) is 23.8. The van der Waals surface area contributed by atoms with E-state index in [9.17, 15) is 14.7 Å². The smallest absolute Gasteiger partial charge is 0.407 e. The van der Waals surface area contributed by atoms with Crippen molar-refractivity contribution in [1.82, 2.24) is 10.6 Å². The van der Waals surface area contributed by atoms with Gasteiger partial charge < -0.3 is 39.8 Å². The van der Waals surface area contributed by atoms with Crippen LogP contribution in [0.3, 0.4) is 0 Å². The molecule has 3 fully saturated rings. The maximum absolute atomic E-state index is 12.6. The number of aliphatic hydroxyl groups excluding tert-OH is 2. The summed E-state index contributed by atoms with van der Waals surface area (Å²) in [5.41, 5.74) is 0.232. The summed E-state index contributed by atoms with van der Waals surface area (Å²) in [5.74, 6) is 3.13. The SMILES string of the molecule is CCOC(=O)NCCOCCOCCNC(=O)CC[C@@H](C)C1CCC2C(C(O)CC3CC(OCCO)CCC3C)CCCC21C. The van der Waals surface area contributed by atoms with Gasteiger partial charge in [-0.1, -0.05) is 27.2 Å². The molecular formula is C35H64N2O8. The Morgan fingerprint density at radius 3 is 2.42 bits per heavy atom. The van der Waals surface area contributed by atoms with Crippen LogP contribution in [0.25, 0.3) is 0 Å². The molecule has 0 aromatic rings. The molecule has 2 amide bonds. The maximum atomic E-state index is 12.6. The van der Waals surface area contributed by atoms with Crippen molar-refractivity contribution >= 4 is 12.0 Å². The van der Waals surface area contributed by atoms with E-state index in [1.807, 2.05) is 0 Å². The Morgan fingerprint density at radius 1 is 0.978 bits per heavy atom. The van der Waals surface area contributed by atoms with Gasteiger partial charge in [-0.3, -0.25) is 4.79 Å². The van der Waals surface area contributed by atoms with Gasteiger partial charge in [0.1, 0.15) is 0 Å². The van der Waals surface area contributed by atoms with E-state index >= 15 is 0 Å². The molecule has 0 aliphatic heterocycles. The molecule has 10 nitrogen and oxygen atoms in total. The number of fused-ring (bicyclic) bond motifs is 1. The van der Waals surface area contributed by atoms with Crippen LogP contribution in [0.2, 0.25) is 0 Å². The highest BCUT2D eigenvalue weighted by Gasteiger charge is 2.53. The number of aliphatic hydroxyl groups is 2. The number of amides is 2. The number of nitrogens with one attached hydrogen (secondary N) is 2. The van der Waals surface area contributed by atoms with E-state index in [1.165, 1.54) is 25.7 Å². The highest BCUT2D eigenvalue weighted by atomic mass is 16.5. The van der Waals surface area contributed by atoms with Crippen LogP contribution in [-0.4, -0.2) is 93.8 Å². The number of hydrogen-bond donors (Lipinski definition) is 4. The lowest BCUT2D eigenvalue weighted by Crippen LogP contribution is -2.44. The molecule has 3 aliphatic carbocycles. The summed E-state index contributed by atoms with van der Waals surface area (Å²) in [7, 11) is 0. The largest absolute Gasteiger partial charge is 0.450 e. The van der Waals surface area contributed by atoms with Crippen molar-refractivity contribution in [1.29, 1.82) is 0 Å². The van der Waals surface area contributed by atoms with Gasteiger partial charge in [0.15, 0.2) is 0 Å². The number of rotatable bonds is 20. The highest BCUT2D eigenvalue weighted by molar-refractivity contribution is 5.75. The second-order valence-corrected chi connectivity index (χ2v) is 14.2. The molecule has 0 saturated heterocycles. The lowest BCUT2D eigenvalue weighted by Gasteiger charge is -2.48. The van der Waals surface area contributed by atoms with Crippen molar-refractivity contribution in [3.63, 3.8) is 0 Å². The van der Waals surface area contributed by atoms with Crippen LogP contribution in [0.5, 0.6) is 0 Å². The number of alkyl carbamates (subject to hydrolysis) is 1. The molecule has 262 valence electrons. The van der Waals surface area contributed by atoms with Gasteiger partial charge in [-0.05, 0) is 106 Å². The number of ether oxygens (including phenoxy) is 4. The van der Waals surface area contributed by atoms with E-state index in [0.717, 1.165) is 38.5 Å². The average molecular weight is 641 g/mol. The average Bonchev–Trinajstić information content (AvgIpc) is 3.38. The van der Waals surface area contributed by atoms with E-state index in [-0.39, 0.29) is 30.1 Å². The Hall–Kier alpha value is -1.46. The van der Waals surface area contributed by atoms with Crippen LogP contribution < -0.4 is 10.6 Å². The van der Waals surface area contributed by atoms with Crippen molar-refractivity contribution < 1.29 is 38.7 Å². The molecule has 3 saturated carbocycles. The van der Waals surface area contributed by atoms with Crippen LogP contribution in [0.15, 0.2) is 0 Å². The van der Waals surface area contributed by atoms with Crippen LogP contribution in [0.4, 0.5) is 4.79 Å². The van der Waals surface area contributed by atoms with Crippen molar-refractivity contribution in [2.45, 2.75) is 111 Å². The lowest BCUT2D eigenvalue weighted by atomic mass is 9.57. The summed E-state index contributed by atoms with van der Waals surface area (Å²) in [6.07, 6.45) is 10.9. The Kier molecular flexibility index (Phi) is 16.9. The van der Waals surface area contributed by atoms with Gasteiger partial charge >= 0.3 is 6.09 Å². The molecular weight excluding hydrogens is 576 g/mol. The van der Waals surface area contributed by atoms with E-state index < -0.39 is 6.09 Å². The first-order valence-electron chi connectivity index (χ1n) is 17.9. The number of carbonyl (C=O) groups is 2. The molecule has 0 spiro atoms. The minimum absolute atomic E-state index is 0.0686. The van der Waals surface area contributed by atoms with Crippen LogP contribution >= 0.6 is 0 Å². The van der Waals surface area contributed by atoms with Gasteiger partial charge in [-0.25, -0.2) is 4.79 Å². The third-order valence-electron chi connectivity index (χ3n) is 11.3. The fourth-order valence-corrected chi connectivity index (χ4v) is 8.88. The molecule has 0 radical (unpaired) electrons. The minimum atomic E-state index is -0.442. The van der Waals surface area contributed by atoms with Gasteiger partial charge in [0.05, 0.1) is 58.5 Å². The van der Waals surface area contributed by atoms with E-state index in [2.05, 4.69) is 31.4 Å². The molecule has 3 aliphatic rings. The lowest BCUT2D eigenvalue weighted by molar-refractivity contribution is -0.121. The zero-order valence-corrected chi connectivity index (χ0v) is 28.6. The van der Waals surface area contributed by atoms with Crippen LogP contribution in [0, 0.1) is 40.9 Å². The molecule has 10 heteroatoms. The molecule has 3 rings (SSSR count). The second kappa shape index (κ2) is 20.0. The first-order valence-corrected chi connectivity index (χ1v) is 17.9. The topological polar surface area (TPSA) is 136 Å². The standard InChI is InChI=1S/C35H64N2O8/c1-5-44-34(41)37-16-19-43-22-21-42-18-15-36-33(40)13-9-26(3)30-11-12-31-29(7-6-14-35(30,31)4)32(39)24-27-23-28(45-20-17-38)10-8-25(27)2/h25-32,38-39H,5-24H2,1-4H3,(H,36,40)(H,37,41)/t25?,26-,27?,28?,29?,30?,31?,32?,35?/m1/s1. The van der Waals surface area contributed by atoms with E-state index in [1.54, 1.807) is 6.92 Å². The maximum Gasteiger partial charge on any atom is 0.407 e. The number of carbonyl (C=O) groups excluding carboxylic acids is 2. The normalized spacial score (nSPS) is 31.2. The van der Waals surface area contributed by atoms with Gasteiger partial charge in [-0.2, -0.15) is 0 Å². The fourth-order valence-electron chi connectivity index (χ4n) is 8.88. The van der Waals surface area contributed by atoms with Crippen LogP contribution in [0.1, 0.15) is 98.3 Å². The first-order chi connectivity index (χ1) is 21.7. The summed E-state index contributed by atoms with van der Waals surface area (Å²) in [6.45, 7) is 12.3. The molecule has 8 unspecified atom stereocenters. The zero-order chi connectivity index (χ0) is 32.7. The molecule has 45 heavy (non-hydrogen) atoms. The summed E-state index contributed by atoms with van der Waals surface area (Å²) < 4.78 is 21.6. The van der Waals surface area contributed by atoms with Crippen molar-refractivity contribution in [3.05, 3.63) is 0 Å². The third kappa shape index (κ3) is 11.9. The Labute approximate surface area is 272 Å². The molecule has 0 aromatic carbocycles. The monoisotopic (exact) mass is 640 g/mol. The predicted molar refractivity (Wildman–Crippen MR) is 174 cm³/mol. The minimum Gasteiger partial charge on any atom is -0.450 e. The molecule has 4 N–H and O–H groups in total. The van der Waals surface area contributed by atoms with Gasteiger partial charge in [0.25, 0.3) is 0 Å². The zero-order valence-electron chi connectivity index (χ0n) is 28.6. The van der Waals surface area contributed by atoms with Gasteiger partial charge in [0, 0.05) is 19.5 Å². The van der Waals surface area contributed by atoms with Crippen LogP contribution in [-0.2, 0) is 23.7 Å². The first kappa shape index (κ1) is 38.0. The third-order valence-corrected chi connectivity index (χ3v) is 11.3. The highest BCUT2D eigenvalue weighted by Crippen LogP contribution is 2.61. The second-order valence-electron chi connectivity index (χ2n) is 14.2. The summed E-state index contributed by atoms with van der Waals surface area (Å²) in [5, 5.41) is 26.4. The van der Waals surface area contributed by atoms with E-state index in [4.69, 9.17) is 24.1 Å². The Morgan fingerprint density at radius 2 is 1.71 bits per heavy atom. The van der Waals surface area contributed by atoms with Crippen molar-refractivity contribution in [2.24, 2.45) is 40.9 Å². The quantitative estimate of drug-likeness (QED) is 0.141.